The molecule has 0 aliphatic rings. The quantitative estimate of drug-likeness (QED) is 0.706. The molecule has 0 saturated carbocycles. The maximum atomic E-state index is 10.3. The van der Waals surface area contributed by atoms with Gasteiger partial charge in [-0.3, -0.25) is 4.79 Å². The maximum Gasteiger partial charge on any atom is 0.247 e. The second kappa shape index (κ2) is 4.33. The largest absolute Gasteiger partial charge is 0.460 e. The van der Waals surface area contributed by atoms with Crippen molar-refractivity contribution in [3.05, 3.63) is 29.8 Å². The van der Waals surface area contributed by atoms with Crippen LogP contribution in [-0.2, 0) is 4.79 Å². The van der Waals surface area contributed by atoms with E-state index >= 15 is 0 Å². The van der Waals surface area contributed by atoms with Gasteiger partial charge in [-0.2, -0.15) is 0 Å². The van der Waals surface area contributed by atoms with Gasteiger partial charge in [-0.05, 0) is 12.1 Å². The van der Waals surface area contributed by atoms with Crippen LogP contribution in [0.25, 0.3) is 0 Å². The fourth-order valence-electron chi connectivity index (χ4n) is 0.750. The first-order chi connectivity index (χ1) is 5.74. The Morgan fingerprint density at radius 3 is 2.58 bits per heavy atom. The van der Waals surface area contributed by atoms with Crippen LogP contribution in [0.2, 0.25) is 0 Å². The summed E-state index contributed by atoms with van der Waals surface area (Å²) < 4.78 is 4.90. The van der Waals surface area contributed by atoms with E-state index in [0.717, 1.165) is 0 Å². The van der Waals surface area contributed by atoms with E-state index in [4.69, 9.17) is 27.9 Å². The van der Waals surface area contributed by atoms with Gasteiger partial charge in [0.15, 0.2) is 0 Å². The van der Waals surface area contributed by atoms with Crippen molar-refractivity contribution in [2.24, 2.45) is 0 Å². The van der Waals surface area contributed by atoms with Gasteiger partial charge < -0.3 is 4.74 Å². The Balaban J connectivity index is 2.89. The molecule has 0 aromatic heterocycles. The fourth-order valence-corrected chi connectivity index (χ4v) is 0.942. The molecule has 1 aromatic carbocycles. The molecular formula is C8H5Cl2O2. The van der Waals surface area contributed by atoms with Crippen LogP contribution < -0.4 is 4.74 Å². The fraction of sp³-hybridized carbons (Fsp3) is 0.125. The molecule has 1 rings (SSSR count). The topological polar surface area (TPSA) is 26.3 Å². The Morgan fingerprint density at radius 2 is 2.00 bits per heavy atom. The first-order valence-corrected chi connectivity index (χ1v) is 4.03. The summed E-state index contributed by atoms with van der Waals surface area (Å²) in [6, 6.07) is 6.58. The van der Waals surface area contributed by atoms with Crippen LogP contribution in [-0.4, -0.2) is 11.3 Å². The minimum atomic E-state index is -0.973. The first kappa shape index (κ1) is 9.36. The zero-order chi connectivity index (χ0) is 8.97. The van der Waals surface area contributed by atoms with Crippen LogP contribution in [0, 0.1) is 0 Å². The highest BCUT2D eigenvalue weighted by atomic mass is 35.5. The summed E-state index contributed by atoms with van der Waals surface area (Å²) in [6.45, 7) is 0. The van der Waals surface area contributed by atoms with Crippen molar-refractivity contribution in [2.45, 2.75) is 5.02 Å². The molecule has 0 spiro atoms. The number of benzene rings is 1. The van der Waals surface area contributed by atoms with E-state index in [0.29, 0.717) is 11.3 Å². The molecular weight excluding hydrogens is 199 g/mol. The molecule has 0 fully saturated rings. The molecule has 0 saturated heterocycles. The van der Waals surface area contributed by atoms with Crippen molar-refractivity contribution in [3.63, 3.8) is 0 Å². The summed E-state index contributed by atoms with van der Waals surface area (Å²) in [4.78, 5) is 10.3. The summed E-state index contributed by atoms with van der Waals surface area (Å²) >= 11 is 10.7. The molecule has 0 unspecified atom stereocenters. The van der Waals surface area contributed by atoms with Crippen molar-refractivity contribution in [2.75, 3.05) is 0 Å². The minimum absolute atomic E-state index is 0.309. The van der Waals surface area contributed by atoms with Gasteiger partial charge in [-0.25, -0.2) is 0 Å². The lowest BCUT2D eigenvalue weighted by Gasteiger charge is -2.06. The van der Waals surface area contributed by atoms with E-state index in [9.17, 15) is 4.79 Å². The summed E-state index contributed by atoms with van der Waals surface area (Å²) in [5.41, 5.74) is 0.309. The van der Waals surface area contributed by atoms with Gasteiger partial charge in [-0.15, -0.1) is 0 Å². The second-order valence-corrected chi connectivity index (χ2v) is 2.99. The Morgan fingerprint density at radius 1 is 1.33 bits per heavy atom. The summed E-state index contributed by atoms with van der Waals surface area (Å²) in [5.74, 6) is 0.336. The van der Waals surface area contributed by atoms with Crippen LogP contribution in [0.1, 0.15) is 5.56 Å². The highest BCUT2D eigenvalue weighted by Gasteiger charge is 2.05. The Labute approximate surface area is 80.0 Å². The molecule has 0 bridgehead atoms. The maximum absolute atomic E-state index is 10.3. The Bertz CT molecular complexity index is 274. The van der Waals surface area contributed by atoms with Crippen LogP contribution in [0.5, 0.6) is 5.75 Å². The zero-order valence-electron chi connectivity index (χ0n) is 5.96. The predicted molar refractivity (Wildman–Crippen MR) is 47.4 cm³/mol. The SMILES string of the molecule is O=[C]c1ccccc1OC(Cl)Cl. The average Bonchev–Trinajstić information content (AvgIpc) is 2.04. The van der Waals surface area contributed by atoms with Crippen molar-refractivity contribution < 1.29 is 9.53 Å². The van der Waals surface area contributed by atoms with Crippen LogP contribution in [0.3, 0.4) is 0 Å². The van der Waals surface area contributed by atoms with E-state index in [1.54, 1.807) is 30.6 Å². The van der Waals surface area contributed by atoms with Crippen molar-refractivity contribution in [1.82, 2.24) is 0 Å². The van der Waals surface area contributed by atoms with Crippen LogP contribution in [0.15, 0.2) is 24.3 Å². The third-order valence-corrected chi connectivity index (χ3v) is 1.39. The van der Waals surface area contributed by atoms with E-state index in [1.165, 1.54) is 0 Å². The van der Waals surface area contributed by atoms with Crippen molar-refractivity contribution in [3.8, 4) is 5.75 Å². The minimum Gasteiger partial charge on any atom is -0.460 e. The van der Waals surface area contributed by atoms with E-state index < -0.39 is 5.02 Å². The summed E-state index contributed by atoms with van der Waals surface area (Å²) in [6.07, 6.45) is 1.71. The monoisotopic (exact) mass is 203 g/mol. The molecule has 0 atom stereocenters. The molecule has 0 aliphatic heterocycles. The summed E-state index contributed by atoms with van der Waals surface area (Å²) in [5, 5.41) is -0.973. The number of hydrogen-bond acceptors (Lipinski definition) is 2. The van der Waals surface area contributed by atoms with E-state index in [-0.39, 0.29) is 0 Å². The highest BCUT2D eigenvalue weighted by molar-refractivity contribution is 6.43. The van der Waals surface area contributed by atoms with Gasteiger partial charge in [0, 0.05) is 0 Å². The molecule has 4 heteroatoms. The standard InChI is InChI=1S/C8H5Cl2O2/c9-8(10)12-7-4-2-1-3-6(7)5-11/h1-4,8H. The molecule has 1 radical (unpaired) electrons. The Kier molecular flexibility index (Phi) is 3.38. The molecule has 0 aliphatic carbocycles. The normalized spacial score (nSPS) is 9.92. The average molecular weight is 204 g/mol. The number of para-hydroxylation sites is 1. The number of ether oxygens (including phenoxy) is 1. The lowest BCUT2D eigenvalue weighted by Crippen LogP contribution is -2.01. The van der Waals surface area contributed by atoms with Crippen LogP contribution >= 0.6 is 23.2 Å². The van der Waals surface area contributed by atoms with Gasteiger partial charge in [0.1, 0.15) is 5.75 Å². The molecule has 1 aromatic rings. The third-order valence-electron chi connectivity index (χ3n) is 1.21. The van der Waals surface area contributed by atoms with Crippen molar-refractivity contribution in [1.29, 1.82) is 0 Å². The van der Waals surface area contributed by atoms with E-state index in [1.807, 2.05) is 0 Å². The molecule has 0 N–H and O–H groups in total. The molecule has 0 heterocycles. The molecule has 0 amide bonds. The number of halogens is 2. The number of alkyl halides is 2. The van der Waals surface area contributed by atoms with E-state index in [2.05, 4.69) is 0 Å². The molecule has 12 heavy (non-hydrogen) atoms. The molecule has 63 valence electrons. The Hall–Kier alpha value is -0.730. The van der Waals surface area contributed by atoms with Gasteiger partial charge in [-0.1, -0.05) is 35.3 Å². The first-order valence-electron chi connectivity index (χ1n) is 3.16. The van der Waals surface area contributed by atoms with Gasteiger partial charge >= 0.3 is 0 Å². The van der Waals surface area contributed by atoms with Gasteiger partial charge in [0.05, 0.1) is 5.56 Å². The summed E-state index contributed by atoms with van der Waals surface area (Å²) in [7, 11) is 0. The lowest BCUT2D eigenvalue weighted by atomic mass is 10.2. The third kappa shape index (κ3) is 2.40. The van der Waals surface area contributed by atoms with Gasteiger partial charge in [0.2, 0.25) is 11.3 Å². The zero-order valence-corrected chi connectivity index (χ0v) is 7.47. The van der Waals surface area contributed by atoms with Crippen LogP contribution in [0.4, 0.5) is 0 Å². The number of carbonyl (C=O) groups excluding carboxylic acids is 1. The smallest absolute Gasteiger partial charge is 0.247 e. The molecule has 2 nitrogen and oxygen atoms in total. The highest BCUT2D eigenvalue weighted by Crippen LogP contribution is 2.19. The predicted octanol–water partition coefficient (Wildman–Crippen LogP) is 2.28. The number of rotatable bonds is 3. The number of hydrogen-bond donors (Lipinski definition) is 0. The lowest BCUT2D eigenvalue weighted by molar-refractivity contribution is 0.353. The van der Waals surface area contributed by atoms with Gasteiger partial charge in [0.25, 0.3) is 0 Å². The van der Waals surface area contributed by atoms with Crippen molar-refractivity contribution >= 4 is 29.5 Å². The second-order valence-electron chi connectivity index (χ2n) is 1.98.